The standard InChI is InChI=1S/C23H27NO4/c1-16(2)24(22(25)17-9-5-3-6-10-17)21-14-13-19(15-20(21)23(26)27)28-18-11-7-4-8-12-18/h4,7-8,11-17H,3,5-6,9-10H2,1-2H3,(H,26,27). The Bertz CT molecular complexity index is 826. The Morgan fingerprint density at radius 2 is 1.68 bits per heavy atom. The van der Waals surface area contributed by atoms with Crippen molar-refractivity contribution in [1.82, 2.24) is 0 Å². The minimum atomic E-state index is -1.07. The van der Waals surface area contributed by atoms with Crippen molar-refractivity contribution in [2.45, 2.75) is 52.0 Å². The number of hydrogen-bond acceptors (Lipinski definition) is 3. The Kier molecular flexibility index (Phi) is 6.34. The van der Waals surface area contributed by atoms with Gasteiger partial charge in [0.05, 0.1) is 11.3 Å². The Balaban J connectivity index is 1.93. The highest BCUT2D eigenvalue weighted by molar-refractivity contribution is 6.03. The summed E-state index contributed by atoms with van der Waals surface area (Å²) in [6.07, 6.45) is 5.02. The quantitative estimate of drug-likeness (QED) is 0.717. The summed E-state index contributed by atoms with van der Waals surface area (Å²) >= 11 is 0. The summed E-state index contributed by atoms with van der Waals surface area (Å²) in [4.78, 5) is 26.8. The number of carboxylic acids is 1. The first-order valence-electron chi connectivity index (χ1n) is 9.90. The molecule has 0 unspecified atom stereocenters. The lowest BCUT2D eigenvalue weighted by Crippen LogP contribution is -2.42. The Hall–Kier alpha value is -2.82. The first-order valence-corrected chi connectivity index (χ1v) is 9.90. The second kappa shape index (κ2) is 8.91. The average Bonchev–Trinajstić information content (AvgIpc) is 2.70. The van der Waals surface area contributed by atoms with E-state index in [-0.39, 0.29) is 23.4 Å². The van der Waals surface area contributed by atoms with E-state index < -0.39 is 5.97 Å². The van der Waals surface area contributed by atoms with Gasteiger partial charge in [0.2, 0.25) is 5.91 Å². The predicted octanol–water partition coefficient (Wildman–Crippen LogP) is 5.50. The fourth-order valence-corrected chi connectivity index (χ4v) is 3.78. The first-order chi connectivity index (χ1) is 13.5. The van der Waals surface area contributed by atoms with Crippen molar-refractivity contribution < 1.29 is 19.4 Å². The molecule has 1 saturated carbocycles. The minimum Gasteiger partial charge on any atom is -0.478 e. The summed E-state index contributed by atoms with van der Waals surface area (Å²) in [5.41, 5.74) is 0.504. The van der Waals surface area contributed by atoms with Gasteiger partial charge in [0.1, 0.15) is 11.5 Å². The molecule has 0 spiro atoms. The number of rotatable bonds is 6. The van der Waals surface area contributed by atoms with Gasteiger partial charge in [-0.05, 0) is 57.0 Å². The zero-order valence-corrected chi connectivity index (χ0v) is 16.4. The molecule has 2 aromatic rings. The summed E-state index contributed by atoms with van der Waals surface area (Å²) < 4.78 is 5.77. The van der Waals surface area contributed by atoms with Gasteiger partial charge in [0.15, 0.2) is 0 Å². The van der Waals surface area contributed by atoms with Crippen LogP contribution in [-0.2, 0) is 4.79 Å². The van der Waals surface area contributed by atoms with Crippen molar-refractivity contribution >= 4 is 17.6 Å². The van der Waals surface area contributed by atoms with Crippen LogP contribution in [0.2, 0.25) is 0 Å². The van der Waals surface area contributed by atoms with Crippen molar-refractivity contribution in [2.75, 3.05) is 4.90 Å². The van der Waals surface area contributed by atoms with Crippen LogP contribution in [0.5, 0.6) is 11.5 Å². The van der Waals surface area contributed by atoms with E-state index in [1.54, 1.807) is 29.2 Å². The highest BCUT2D eigenvalue weighted by Crippen LogP contribution is 2.33. The topological polar surface area (TPSA) is 66.8 Å². The lowest BCUT2D eigenvalue weighted by atomic mass is 9.87. The van der Waals surface area contributed by atoms with Gasteiger partial charge in [-0.2, -0.15) is 0 Å². The number of anilines is 1. The summed E-state index contributed by atoms with van der Waals surface area (Å²) in [5.74, 6) is -0.0191. The normalized spacial score (nSPS) is 14.7. The Morgan fingerprint density at radius 3 is 2.29 bits per heavy atom. The number of amides is 1. The number of aromatic carboxylic acids is 1. The zero-order chi connectivity index (χ0) is 20.1. The predicted molar refractivity (Wildman–Crippen MR) is 109 cm³/mol. The monoisotopic (exact) mass is 381 g/mol. The third kappa shape index (κ3) is 4.53. The van der Waals surface area contributed by atoms with Gasteiger partial charge in [-0.25, -0.2) is 4.79 Å². The van der Waals surface area contributed by atoms with Crippen molar-refractivity contribution in [3.05, 3.63) is 54.1 Å². The van der Waals surface area contributed by atoms with E-state index in [0.717, 1.165) is 32.1 Å². The van der Waals surface area contributed by atoms with Crippen molar-refractivity contribution in [1.29, 1.82) is 0 Å². The summed E-state index contributed by atoms with van der Waals surface area (Å²) in [6.45, 7) is 3.83. The second-order valence-corrected chi connectivity index (χ2v) is 7.54. The molecule has 1 amide bonds. The van der Waals surface area contributed by atoms with Crippen LogP contribution in [0.4, 0.5) is 5.69 Å². The number of para-hydroxylation sites is 1. The number of nitrogens with zero attached hydrogens (tertiary/aromatic N) is 1. The fourth-order valence-electron chi connectivity index (χ4n) is 3.78. The average molecular weight is 381 g/mol. The van der Waals surface area contributed by atoms with Crippen molar-refractivity contribution in [3.8, 4) is 11.5 Å². The van der Waals surface area contributed by atoms with E-state index in [0.29, 0.717) is 17.2 Å². The smallest absolute Gasteiger partial charge is 0.337 e. The first kappa shape index (κ1) is 19.9. The molecule has 148 valence electrons. The third-order valence-corrected chi connectivity index (χ3v) is 5.15. The molecule has 0 aliphatic heterocycles. The van der Waals surface area contributed by atoms with Gasteiger partial charge >= 0.3 is 5.97 Å². The van der Waals surface area contributed by atoms with Gasteiger partial charge in [0.25, 0.3) is 0 Å². The number of carbonyl (C=O) groups is 2. The van der Waals surface area contributed by atoms with Gasteiger partial charge in [-0.1, -0.05) is 37.5 Å². The maximum atomic E-state index is 13.2. The zero-order valence-electron chi connectivity index (χ0n) is 16.4. The molecule has 0 bridgehead atoms. The molecule has 1 fully saturated rings. The van der Waals surface area contributed by atoms with Gasteiger partial charge < -0.3 is 14.7 Å². The van der Waals surface area contributed by atoms with Gasteiger partial charge in [-0.15, -0.1) is 0 Å². The second-order valence-electron chi connectivity index (χ2n) is 7.54. The number of ether oxygens (including phenoxy) is 1. The Labute approximate surface area is 165 Å². The third-order valence-electron chi connectivity index (χ3n) is 5.15. The summed E-state index contributed by atoms with van der Waals surface area (Å²) in [7, 11) is 0. The Morgan fingerprint density at radius 1 is 1.00 bits per heavy atom. The number of carboxylic acid groups (broad SMARTS) is 1. The molecule has 1 N–H and O–H groups in total. The molecule has 5 heteroatoms. The lowest BCUT2D eigenvalue weighted by Gasteiger charge is -2.33. The van der Waals surface area contributed by atoms with E-state index in [1.807, 2.05) is 32.0 Å². The van der Waals surface area contributed by atoms with Crippen LogP contribution in [0.1, 0.15) is 56.3 Å². The molecule has 3 rings (SSSR count). The minimum absolute atomic E-state index is 0.0222. The van der Waals surface area contributed by atoms with Crippen molar-refractivity contribution in [2.24, 2.45) is 5.92 Å². The molecule has 5 nitrogen and oxygen atoms in total. The maximum Gasteiger partial charge on any atom is 0.337 e. The molecule has 0 heterocycles. The molecule has 28 heavy (non-hydrogen) atoms. The highest BCUT2D eigenvalue weighted by atomic mass is 16.5. The maximum absolute atomic E-state index is 13.2. The van der Waals surface area contributed by atoms with Crippen LogP contribution in [0.3, 0.4) is 0 Å². The SMILES string of the molecule is CC(C)N(C(=O)C1CCCCC1)c1ccc(Oc2ccccc2)cc1C(=O)O. The molecule has 0 saturated heterocycles. The van der Waals surface area contributed by atoms with E-state index in [9.17, 15) is 14.7 Å². The van der Waals surface area contributed by atoms with Crippen LogP contribution < -0.4 is 9.64 Å². The number of carbonyl (C=O) groups excluding carboxylic acids is 1. The van der Waals surface area contributed by atoms with Gasteiger partial charge in [-0.3, -0.25) is 4.79 Å². The lowest BCUT2D eigenvalue weighted by molar-refractivity contribution is -0.123. The molecule has 1 aliphatic rings. The number of benzene rings is 2. The van der Waals surface area contributed by atoms with Crippen LogP contribution in [0.15, 0.2) is 48.5 Å². The van der Waals surface area contributed by atoms with E-state index in [1.165, 1.54) is 6.07 Å². The molecule has 1 aliphatic carbocycles. The van der Waals surface area contributed by atoms with E-state index in [2.05, 4.69) is 0 Å². The van der Waals surface area contributed by atoms with Crippen molar-refractivity contribution in [3.63, 3.8) is 0 Å². The van der Waals surface area contributed by atoms with Crippen LogP contribution in [-0.4, -0.2) is 23.0 Å². The van der Waals surface area contributed by atoms with Gasteiger partial charge in [0, 0.05) is 12.0 Å². The van der Waals surface area contributed by atoms with Crippen LogP contribution in [0, 0.1) is 5.92 Å². The largest absolute Gasteiger partial charge is 0.478 e. The molecule has 0 atom stereocenters. The molecular weight excluding hydrogens is 354 g/mol. The number of hydrogen-bond donors (Lipinski definition) is 1. The highest BCUT2D eigenvalue weighted by Gasteiger charge is 2.31. The molecular formula is C23H27NO4. The summed E-state index contributed by atoms with van der Waals surface area (Å²) in [6, 6.07) is 14.0. The van der Waals surface area contributed by atoms with Crippen LogP contribution in [0.25, 0.3) is 0 Å². The van der Waals surface area contributed by atoms with Crippen LogP contribution >= 0.6 is 0 Å². The molecule has 2 aromatic carbocycles. The molecule has 0 radical (unpaired) electrons. The fraction of sp³-hybridized carbons (Fsp3) is 0.391. The summed E-state index contributed by atoms with van der Waals surface area (Å²) in [5, 5.41) is 9.79. The van der Waals surface area contributed by atoms with E-state index in [4.69, 9.17) is 4.74 Å². The molecule has 0 aromatic heterocycles. The van der Waals surface area contributed by atoms with E-state index >= 15 is 0 Å².